The van der Waals surface area contributed by atoms with Crippen molar-refractivity contribution < 1.29 is 9.53 Å². The van der Waals surface area contributed by atoms with Gasteiger partial charge in [0.2, 0.25) is 5.91 Å². The SMILES string of the molecule is CCN(c1ccc(CC(=O)Nc2ncc(C3CCC3)s2)cc1)N1CCOCC1. The van der Waals surface area contributed by atoms with Gasteiger partial charge in [-0.15, -0.1) is 11.3 Å². The highest BCUT2D eigenvalue weighted by Gasteiger charge is 2.22. The Bertz CT molecular complexity index is 782. The minimum absolute atomic E-state index is 0.0113. The fourth-order valence-corrected chi connectivity index (χ4v) is 4.70. The van der Waals surface area contributed by atoms with Crippen molar-refractivity contribution in [1.82, 2.24) is 9.99 Å². The van der Waals surface area contributed by atoms with Crippen LogP contribution in [0.25, 0.3) is 0 Å². The number of hydrogen-bond acceptors (Lipinski definition) is 6. The van der Waals surface area contributed by atoms with Gasteiger partial charge < -0.3 is 15.1 Å². The average molecular weight is 401 g/mol. The third kappa shape index (κ3) is 4.54. The van der Waals surface area contributed by atoms with E-state index >= 15 is 0 Å². The molecule has 28 heavy (non-hydrogen) atoms. The highest BCUT2D eigenvalue weighted by Crippen LogP contribution is 2.39. The van der Waals surface area contributed by atoms with Crippen LogP contribution in [0.5, 0.6) is 0 Å². The van der Waals surface area contributed by atoms with E-state index in [0.717, 1.165) is 44.1 Å². The maximum Gasteiger partial charge on any atom is 0.230 e. The van der Waals surface area contributed by atoms with Crippen molar-refractivity contribution in [3.05, 3.63) is 40.9 Å². The van der Waals surface area contributed by atoms with E-state index in [0.29, 0.717) is 17.5 Å². The summed E-state index contributed by atoms with van der Waals surface area (Å²) >= 11 is 1.62. The molecule has 1 aliphatic heterocycles. The maximum atomic E-state index is 12.4. The lowest BCUT2D eigenvalue weighted by Crippen LogP contribution is -2.49. The van der Waals surface area contributed by atoms with E-state index in [9.17, 15) is 4.79 Å². The van der Waals surface area contributed by atoms with Crippen LogP contribution in [-0.4, -0.2) is 48.7 Å². The van der Waals surface area contributed by atoms with Crippen LogP contribution in [0.2, 0.25) is 0 Å². The summed E-state index contributed by atoms with van der Waals surface area (Å²) in [5.74, 6) is 0.645. The van der Waals surface area contributed by atoms with Gasteiger partial charge in [-0.25, -0.2) is 9.99 Å². The van der Waals surface area contributed by atoms with Gasteiger partial charge in [0.05, 0.1) is 25.3 Å². The maximum absolute atomic E-state index is 12.4. The predicted octanol–water partition coefficient (Wildman–Crippen LogP) is 3.67. The highest BCUT2D eigenvalue weighted by atomic mass is 32.1. The van der Waals surface area contributed by atoms with Gasteiger partial charge in [0.15, 0.2) is 5.13 Å². The summed E-state index contributed by atoms with van der Waals surface area (Å²) in [5, 5.41) is 8.27. The van der Waals surface area contributed by atoms with E-state index in [1.54, 1.807) is 11.3 Å². The molecule has 1 aliphatic carbocycles. The molecule has 4 rings (SSSR count). The summed E-state index contributed by atoms with van der Waals surface area (Å²) < 4.78 is 5.45. The molecule has 7 heteroatoms. The monoisotopic (exact) mass is 400 g/mol. The molecular formula is C21H28N4O2S. The Hall–Kier alpha value is -1.96. The van der Waals surface area contributed by atoms with Crippen molar-refractivity contribution in [2.75, 3.05) is 43.2 Å². The second-order valence-electron chi connectivity index (χ2n) is 7.37. The van der Waals surface area contributed by atoms with Gasteiger partial charge in [0.1, 0.15) is 0 Å². The third-order valence-electron chi connectivity index (χ3n) is 5.50. The van der Waals surface area contributed by atoms with Crippen molar-refractivity contribution in [2.24, 2.45) is 0 Å². The number of hydrazine groups is 1. The molecule has 1 aromatic heterocycles. The molecule has 1 N–H and O–H groups in total. The Morgan fingerprint density at radius 1 is 1.29 bits per heavy atom. The molecule has 1 aromatic carbocycles. The zero-order valence-electron chi connectivity index (χ0n) is 16.4. The van der Waals surface area contributed by atoms with E-state index in [-0.39, 0.29) is 5.91 Å². The van der Waals surface area contributed by atoms with Crippen LogP contribution in [0.1, 0.15) is 42.5 Å². The zero-order chi connectivity index (χ0) is 19.3. The topological polar surface area (TPSA) is 57.7 Å². The lowest BCUT2D eigenvalue weighted by molar-refractivity contribution is -0.115. The molecule has 150 valence electrons. The van der Waals surface area contributed by atoms with E-state index in [4.69, 9.17) is 4.74 Å². The number of thiazole rings is 1. The van der Waals surface area contributed by atoms with Crippen LogP contribution in [0.4, 0.5) is 10.8 Å². The highest BCUT2D eigenvalue weighted by molar-refractivity contribution is 7.15. The van der Waals surface area contributed by atoms with Gasteiger partial charge in [-0.2, -0.15) is 0 Å². The largest absolute Gasteiger partial charge is 0.379 e. The normalized spacial score (nSPS) is 17.9. The molecule has 2 heterocycles. The first kappa shape index (κ1) is 19.4. The van der Waals surface area contributed by atoms with Gasteiger partial charge in [-0.1, -0.05) is 18.6 Å². The molecule has 1 saturated carbocycles. The summed E-state index contributed by atoms with van der Waals surface area (Å²) in [6, 6.07) is 8.28. The van der Waals surface area contributed by atoms with Crippen molar-refractivity contribution in [3.63, 3.8) is 0 Å². The summed E-state index contributed by atoms with van der Waals surface area (Å²) in [5.41, 5.74) is 2.16. The lowest BCUT2D eigenvalue weighted by Gasteiger charge is -2.38. The number of carbonyl (C=O) groups is 1. The molecule has 0 bridgehead atoms. The molecule has 2 fully saturated rings. The molecular weight excluding hydrogens is 372 g/mol. The third-order valence-corrected chi connectivity index (χ3v) is 6.58. The lowest BCUT2D eigenvalue weighted by atomic mass is 9.85. The van der Waals surface area contributed by atoms with Gasteiger partial charge in [-0.05, 0) is 43.4 Å². The standard InChI is InChI=1S/C21H28N4O2S/c1-2-25(24-10-12-27-13-11-24)18-8-6-16(7-9-18)14-20(26)23-21-22-15-19(28-21)17-4-3-5-17/h6-9,15,17H,2-5,10-14H2,1H3,(H,22,23,26). The fourth-order valence-electron chi connectivity index (χ4n) is 3.70. The quantitative estimate of drug-likeness (QED) is 0.769. The van der Waals surface area contributed by atoms with E-state index < -0.39 is 0 Å². The Balaban J connectivity index is 1.33. The van der Waals surface area contributed by atoms with Crippen LogP contribution >= 0.6 is 11.3 Å². The second kappa shape index (κ2) is 9.03. The van der Waals surface area contributed by atoms with Gasteiger partial charge in [-0.3, -0.25) is 4.79 Å². The molecule has 0 radical (unpaired) electrons. The number of nitrogens with zero attached hydrogens (tertiary/aromatic N) is 3. The number of nitrogens with one attached hydrogen (secondary N) is 1. The van der Waals surface area contributed by atoms with Crippen LogP contribution in [0, 0.1) is 0 Å². The van der Waals surface area contributed by atoms with Gasteiger partial charge in [0.25, 0.3) is 0 Å². The molecule has 0 unspecified atom stereocenters. The van der Waals surface area contributed by atoms with Crippen LogP contribution in [0.3, 0.4) is 0 Å². The van der Waals surface area contributed by atoms with Crippen molar-refractivity contribution in [2.45, 2.75) is 38.5 Å². The predicted molar refractivity (Wildman–Crippen MR) is 113 cm³/mol. The van der Waals surface area contributed by atoms with E-state index in [1.807, 2.05) is 18.3 Å². The minimum Gasteiger partial charge on any atom is -0.379 e. The first-order valence-electron chi connectivity index (χ1n) is 10.2. The Morgan fingerprint density at radius 3 is 2.68 bits per heavy atom. The van der Waals surface area contributed by atoms with Crippen LogP contribution < -0.4 is 10.3 Å². The van der Waals surface area contributed by atoms with E-state index in [2.05, 4.69) is 39.4 Å². The van der Waals surface area contributed by atoms with Crippen LogP contribution in [0.15, 0.2) is 30.5 Å². The number of ether oxygens (including phenoxy) is 1. The summed E-state index contributed by atoms with van der Waals surface area (Å²) in [4.78, 5) is 18.1. The second-order valence-corrected chi connectivity index (χ2v) is 8.43. The Kier molecular flexibility index (Phi) is 6.24. The molecule has 2 aromatic rings. The van der Waals surface area contributed by atoms with Crippen molar-refractivity contribution >= 4 is 28.1 Å². The molecule has 2 aliphatic rings. The number of hydrogen-bond donors (Lipinski definition) is 1. The Morgan fingerprint density at radius 2 is 2.04 bits per heavy atom. The average Bonchev–Trinajstić information content (AvgIpc) is 3.10. The van der Waals surface area contributed by atoms with E-state index in [1.165, 1.54) is 24.1 Å². The molecule has 1 saturated heterocycles. The summed E-state index contributed by atoms with van der Waals surface area (Å²) in [7, 11) is 0. The number of rotatable bonds is 7. The number of benzene rings is 1. The number of amides is 1. The van der Waals surface area contributed by atoms with Crippen LogP contribution in [-0.2, 0) is 16.0 Å². The minimum atomic E-state index is -0.0113. The summed E-state index contributed by atoms with van der Waals surface area (Å²) in [6.07, 6.45) is 6.09. The van der Waals surface area contributed by atoms with Gasteiger partial charge >= 0.3 is 0 Å². The molecule has 6 nitrogen and oxygen atoms in total. The number of anilines is 2. The first-order valence-corrected chi connectivity index (χ1v) is 11.0. The zero-order valence-corrected chi connectivity index (χ0v) is 17.2. The van der Waals surface area contributed by atoms with Crippen molar-refractivity contribution in [1.29, 1.82) is 0 Å². The molecule has 1 amide bonds. The number of morpholine rings is 1. The number of carbonyl (C=O) groups excluding carboxylic acids is 1. The smallest absolute Gasteiger partial charge is 0.230 e. The fraction of sp³-hybridized carbons (Fsp3) is 0.524. The molecule has 0 spiro atoms. The Labute approximate surface area is 170 Å². The first-order chi connectivity index (χ1) is 13.7. The molecule has 0 atom stereocenters. The van der Waals surface area contributed by atoms with Gasteiger partial charge in [0, 0.05) is 30.7 Å². The number of aromatic nitrogens is 1. The van der Waals surface area contributed by atoms with Crippen molar-refractivity contribution in [3.8, 4) is 0 Å². The summed E-state index contributed by atoms with van der Waals surface area (Å²) in [6.45, 7) is 6.43.